The second-order valence-corrected chi connectivity index (χ2v) is 5.00. The van der Waals surface area contributed by atoms with Crippen LogP contribution >= 0.6 is 0 Å². The van der Waals surface area contributed by atoms with E-state index in [2.05, 4.69) is 0 Å². The fourth-order valence-electron chi connectivity index (χ4n) is 3.12. The lowest BCUT2D eigenvalue weighted by atomic mass is 9.79. The van der Waals surface area contributed by atoms with Crippen LogP contribution in [0.15, 0.2) is 0 Å². The highest BCUT2D eigenvalue weighted by molar-refractivity contribution is 6.11. The normalized spacial score (nSPS) is 47.2. The maximum Gasteiger partial charge on any atom is 0.150 e. The van der Waals surface area contributed by atoms with Gasteiger partial charge in [-0.1, -0.05) is 0 Å². The van der Waals surface area contributed by atoms with Crippen molar-refractivity contribution in [2.45, 2.75) is 56.3 Å². The quantitative estimate of drug-likeness (QED) is 0.656. The molecule has 0 aliphatic carbocycles. The van der Waals surface area contributed by atoms with E-state index in [1.165, 1.54) is 0 Å². The molecule has 90 valence electrons. The summed E-state index contributed by atoms with van der Waals surface area (Å²) in [5.74, 6) is 0. The molecule has 0 saturated carbocycles. The number of fused-ring (bicyclic) bond motifs is 2. The Morgan fingerprint density at radius 1 is 1.25 bits per heavy atom. The molecule has 2 aliphatic rings. The van der Waals surface area contributed by atoms with Gasteiger partial charge in [-0.25, -0.2) is 0 Å². The number of rotatable bonds is 3. The summed E-state index contributed by atoms with van der Waals surface area (Å²) in [4.78, 5) is 0. The van der Waals surface area contributed by atoms with Crippen molar-refractivity contribution in [3.05, 3.63) is 0 Å². The molecule has 2 radical (unpaired) electrons. The smallest absolute Gasteiger partial charge is 0.150 e. The molecule has 2 bridgehead atoms. The summed E-state index contributed by atoms with van der Waals surface area (Å²) in [6.45, 7) is 5.93. The summed E-state index contributed by atoms with van der Waals surface area (Å²) in [6.07, 6.45) is -0.559. The zero-order chi connectivity index (χ0) is 12.1. The van der Waals surface area contributed by atoms with E-state index in [0.717, 1.165) is 0 Å². The summed E-state index contributed by atoms with van der Waals surface area (Å²) in [5, 5.41) is 0. The molecule has 0 amide bonds. The van der Waals surface area contributed by atoms with Crippen molar-refractivity contribution in [2.24, 2.45) is 0 Å². The monoisotopic (exact) mass is 226 g/mol. The Morgan fingerprint density at radius 2 is 1.88 bits per heavy atom. The highest BCUT2D eigenvalue weighted by atomic mass is 16.7. The van der Waals surface area contributed by atoms with Crippen molar-refractivity contribution < 1.29 is 18.9 Å². The standard InChI is InChI=1S/C11H19BO4/c1-6(13-4)11-8(14-5)7(9(12)16-11)15-10(11,2)3/h6-9H,1-5H3/t6?,7?,8-,9-,11-/m1/s1. The van der Waals surface area contributed by atoms with Crippen molar-refractivity contribution in [1.82, 2.24) is 0 Å². The molecule has 2 unspecified atom stereocenters. The van der Waals surface area contributed by atoms with Crippen LogP contribution in [0.5, 0.6) is 0 Å². The first kappa shape index (κ1) is 12.4. The van der Waals surface area contributed by atoms with E-state index < -0.39 is 17.2 Å². The Balaban J connectivity index is 2.43. The van der Waals surface area contributed by atoms with E-state index in [-0.39, 0.29) is 18.3 Å². The van der Waals surface area contributed by atoms with E-state index in [1.54, 1.807) is 14.2 Å². The predicted octanol–water partition coefficient (Wildman–Crippen LogP) is 0.477. The van der Waals surface area contributed by atoms with Gasteiger partial charge in [0.25, 0.3) is 0 Å². The van der Waals surface area contributed by atoms with Gasteiger partial charge in [-0.15, -0.1) is 0 Å². The van der Waals surface area contributed by atoms with Crippen LogP contribution in [-0.4, -0.2) is 57.6 Å². The van der Waals surface area contributed by atoms with Crippen LogP contribution in [0, 0.1) is 0 Å². The average Bonchev–Trinajstić information content (AvgIpc) is 2.62. The Hall–Kier alpha value is -0.0951. The maximum atomic E-state index is 5.93. The third-order valence-electron chi connectivity index (χ3n) is 3.96. The molecule has 16 heavy (non-hydrogen) atoms. The molecule has 2 heterocycles. The molecule has 4 nitrogen and oxygen atoms in total. The molecule has 2 saturated heterocycles. The average molecular weight is 226 g/mol. The fourth-order valence-corrected chi connectivity index (χ4v) is 3.12. The molecular weight excluding hydrogens is 207 g/mol. The summed E-state index contributed by atoms with van der Waals surface area (Å²) in [5.41, 5.74) is -1.11. The molecule has 0 aromatic heterocycles. The van der Waals surface area contributed by atoms with E-state index in [9.17, 15) is 0 Å². The lowest BCUT2D eigenvalue weighted by molar-refractivity contribution is -0.244. The first-order chi connectivity index (χ1) is 7.40. The van der Waals surface area contributed by atoms with Gasteiger partial charge in [0.15, 0.2) is 5.60 Å². The molecule has 5 atom stereocenters. The number of hydrogen-bond donors (Lipinski definition) is 0. The third kappa shape index (κ3) is 1.26. The van der Waals surface area contributed by atoms with E-state index in [1.807, 2.05) is 20.8 Å². The minimum atomic E-state index is -0.638. The Morgan fingerprint density at radius 3 is 2.38 bits per heavy atom. The van der Waals surface area contributed by atoms with Gasteiger partial charge in [0.05, 0.1) is 11.7 Å². The van der Waals surface area contributed by atoms with E-state index >= 15 is 0 Å². The van der Waals surface area contributed by atoms with Crippen molar-refractivity contribution in [3.63, 3.8) is 0 Å². The lowest BCUT2D eigenvalue weighted by Crippen LogP contribution is -2.62. The number of methoxy groups -OCH3 is 2. The fraction of sp³-hybridized carbons (Fsp3) is 1.00. The van der Waals surface area contributed by atoms with Gasteiger partial charge in [-0.3, -0.25) is 0 Å². The molecular formula is C11H19BO4. The molecule has 2 fully saturated rings. The molecule has 2 aliphatic heterocycles. The van der Waals surface area contributed by atoms with Crippen molar-refractivity contribution in [1.29, 1.82) is 0 Å². The van der Waals surface area contributed by atoms with Crippen LogP contribution in [0.4, 0.5) is 0 Å². The van der Waals surface area contributed by atoms with Gasteiger partial charge in [0, 0.05) is 20.2 Å². The van der Waals surface area contributed by atoms with Crippen LogP contribution in [0.2, 0.25) is 0 Å². The predicted molar refractivity (Wildman–Crippen MR) is 59.6 cm³/mol. The summed E-state index contributed by atoms with van der Waals surface area (Å²) in [7, 11) is 9.21. The second-order valence-electron chi connectivity index (χ2n) is 5.00. The molecule has 0 N–H and O–H groups in total. The first-order valence-corrected chi connectivity index (χ1v) is 5.57. The van der Waals surface area contributed by atoms with Gasteiger partial charge in [0.2, 0.25) is 0 Å². The summed E-state index contributed by atoms with van der Waals surface area (Å²) in [6, 6.07) is -0.449. The largest absolute Gasteiger partial charge is 0.379 e. The van der Waals surface area contributed by atoms with Crippen LogP contribution in [0.1, 0.15) is 20.8 Å². The maximum absolute atomic E-state index is 5.93. The van der Waals surface area contributed by atoms with Gasteiger partial charge in [-0.05, 0) is 20.8 Å². The molecule has 0 aromatic rings. The van der Waals surface area contributed by atoms with Crippen molar-refractivity contribution in [3.8, 4) is 0 Å². The van der Waals surface area contributed by atoms with Crippen molar-refractivity contribution in [2.75, 3.05) is 14.2 Å². The Kier molecular flexibility index (Phi) is 2.86. The van der Waals surface area contributed by atoms with E-state index in [0.29, 0.717) is 0 Å². The zero-order valence-corrected chi connectivity index (χ0v) is 10.5. The SMILES string of the molecule is [B][C@@H]1O[C@]2(C(C)OC)[C@H](OC)C1OC2(C)C. The third-order valence-corrected chi connectivity index (χ3v) is 3.96. The van der Waals surface area contributed by atoms with Gasteiger partial charge in [-0.2, -0.15) is 0 Å². The number of hydrogen-bond acceptors (Lipinski definition) is 4. The second kappa shape index (κ2) is 3.70. The zero-order valence-electron chi connectivity index (χ0n) is 10.5. The van der Waals surface area contributed by atoms with Crippen LogP contribution in [-0.2, 0) is 18.9 Å². The molecule has 0 spiro atoms. The van der Waals surface area contributed by atoms with Gasteiger partial charge >= 0.3 is 0 Å². The van der Waals surface area contributed by atoms with Crippen LogP contribution in [0.25, 0.3) is 0 Å². The van der Waals surface area contributed by atoms with Crippen LogP contribution < -0.4 is 0 Å². The summed E-state index contributed by atoms with van der Waals surface area (Å²) < 4.78 is 22.8. The van der Waals surface area contributed by atoms with E-state index in [4.69, 9.17) is 26.8 Å². The van der Waals surface area contributed by atoms with Gasteiger partial charge < -0.3 is 18.9 Å². The Labute approximate surface area is 98.0 Å². The highest BCUT2D eigenvalue weighted by Gasteiger charge is 2.71. The Bertz CT molecular complexity index is 283. The number of ether oxygens (including phenoxy) is 4. The topological polar surface area (TPSA) is 36.9 Å². The molecule has 2 rings (SSSR count). The minimum Gasteiger partial charge on any atom is -0.379 e. The lowest BCUT2D eigenvalue weighted by Gasteiger charge is -2.46. The first-order valence-electron chi connectivity index (χ1n) is 5.57. The van der Waals surface area contributed by atoms with Gasteiger partial charge in [0.1, 0.15) is 20.1 Å². The van der Waals surface area contributed by atoms with Crippen molar-refractivity contribution >= 4 is 7.85 Å². The molecule has 5 heteroatoms. The summed E-state index contributed by atoms with van der Waals surface area (Å²) >= 11 is 0. The minimum absolute atomic E-state index is 0.147. The molecule has 0 aromatic carbocycles. The van der Waals surface area contributed by atoms with Crippen LogP contribution in [0.3, 0.4) is 0 Å². The highest BCUT2D eigenvalue weighted by Crippen LogP contribution is 2.53.